The van der Waals surface area contributed by atoms with Gasteiger partial charge in [0.05, 0.1) is 16.3 Å². The molecule has 0 atom stereocenters. The van der Waals surface area contributed by atoms with Crippen molar-refractivity contribution in [3.05, 3.63) is 64.8 Å². The first-order chi connectivity index (χ1) is 12.7. The summed E-state index contributed by atoms with van der Waals surface area (Å²) in [7, 11) is 0. The van der Waals surface area contributed by atoms with Gasteiger partial charge in [-0.15, -0.1) is 0 Å². The summed E-state index contributed by atoms with van der Waals surface area (Å²) in [5, 5.41) is 3.28. The normalized spacial score (nSPS) is 20.2. The molecule has 0 saturated carbocycles. The maximum Gasteiger partial charge on any atom is 0.264 e. The predicted octanol–water partition coefficient (Wildman–Crippen LogP) is 4.32. The molecule has 132 valence electrons. The smallest absolute Gasteiger partial charge is 0.264 e. The van der Waals surface area contributed by atoms with Crippen molar-refractivity contribution in [2.75, 3.05) is 18.0 Å². The van der Waals surface area contributed by atoms with Gasteiger partial charge in [0.1, 0.15) is 5.82 Å². The number of amidine groups is 1. The molecule has 2 aliphatic rings. The van der Waals surface area contributed by atoms with Gasteiger partial charge in [-0.1, -0.05) is 24.3 Å². The van der Waals surface area contributed by atoms with Crippen LogP contribution in [0.4, 0.5) is 15.8 Å². The van der Waals surface area contributed by atoms with E-state index < -0.39 is 0 Å². The molecule has 2 saturated heterocycles. The number of carbonyl (C=O) groups is 1. The summed E-state index contributed by atoms with van der Waals surface area (Å²) in [6.45, 7) is 1.80. The van der Waals surface area contributed by atoms with Gasteiger partial charge in [-0.2, -0.15) is 0 Å². The molecule has 1 amide bonds. The molecule has 4 rings (SSSR count). The zero-order chi connectivity index (χ0) is 17.9. The Hall–Kier alpha value is -2.60. The summed E-state index contributed by atoms with van der Waals surface area (Å²) >= 11 is 1.26. The van der Waals surface area contributed by atoms with Gasteiger partial charge < -0.3 is 10.2 Å². The van der Waals surface area contributed by atoms with E-state index in [-0.39, 0.29) is 11.7 Å². The molecule has 2 aromatic rings. The first-order valence-electron chi connectivity index (χ1n) is 8.58. The molecule has 1 N–H and O–H groups in total. The van der Waals surface area contributed by atoms with Crippen LogP contribution < -0.4 is 10.2 Å². The van der Waals surface area contributed by atoms with Crippen LogP contribution >= 0.6 is 11.8 Å². The largest absolute Gasteiger partial charge is 0.369 e. The summed E-state index contributed by atoms with van der Waals surface area (Å²) in [6.07, 6.45) is 3.90. The van der Waals surface area contributed by atoms with E-state index in [1.165, 1.54) is 17.8 Å². The van der Waals surface area contributed by atoms with Crippen molar-refractivity contribution in [1.29, 1.82) is 0 Å². The van der Waals surface area contributed by atoms with Gasteiger partial charge in [0.25, 0.3) is 5.91 Å². The molecule has 2 aromatic carbocycles. The standard InChI is InChI=1S/C20H18FN3OS/c21-16-12-14(8-9-17(16)24-10-4-5-11-24)13-18-19(25)23-20(26-18)22-15-6-2-1-3-7-15/h1-3,6-9,12-13H,4-5,10-11H2,(H,22,23,25)/b18-13-. The van der Waals surface area contributed by atoms with Gasteiger partial charge >= 0.3 is 0 Å². The average Bonchev–Trinajstić information content (AvgIpc) is 3.27. The van der Waals surface area contributed by atoms with E-state index in [0.29, 0.717) is 21.3 Å². The van der Waals surface area contributed by atoms with E-state index >= 15 is 0 Å². The minimum absolute atomic E-state index is 0.214. The lowest BCUT2D eigenvalue weighted by molar-refractivity contribution is -0.115. The molecule has 6 heteroatoms. The second-order valence-electron chi connectivity index (χ2n) is 6.22. The molecule has 0 radical (unpaired) electrons. The van der Waals surface area contributed by atoms with E-state index in [2.05, 4.69) is 15.2 Å². The fourth-order valence-electron chi connectivity index (χ4n) is 3.08. The van der Waals surface area contributed by atoms with Crippen molar-refractivity contribution in [2.45, 2.75) is 12.8 Å². The fraction of sp³-hybridized carbons (Fsp3) is 0.200. The second-order valence-corrected chi connectivity index (χ2v) is 7.25. The lowest BCUT2D eigenvalue weighted by Gasteiger charge is -2.18. The molecule has 0 unspecified atom stereocenters. The Labute approximate surface area is 155 Å². The van der Waals surface area contributed by atoms with E-state index in [0.717, 1.165) is 31.6 Å². The molecule has 2 fully saturated rings. The molecule has 0 bridgehead atoms. The molecule has 0 aromatic heterocycles. The van der Waals surface area contributed by atoms with Gasteiger partial charge in [-0.05, 0) is 60.5 Å². The number of rotatable bonds is 3. The zero-order valence-corrected chi connectivity index (χ0v) is 14.9. The molecule has 2 heterocycles. The van der Waals surface area contributed by atoms with Crippen molar-refractivity contribution in [3.8, 4) is 0 Å². The van der Waals surface area contributed by atoms with E-state index in [4.69, 9.17) is 0 Å². The predicted molar refractivity (Wildman–Crippen MR) is 105 cm³/mol. The van der Waals surface area contributed by atoms with Crippen LogP contribution in [0.25, 0.3) is 6.08 Å². The van der Waals surface area contributed by atoms with Crippen LogP contribution in [0, 0.1) is 5.82 Å². The van der Waals surface area contributed by atoms with Crippen LogP contribution in [0.1, 0.15) is 18.4 Å². The van der Waals surface area contributed by atoms with Crippen LogP contribution in [0.2, 0.25) is 0 Å². The number of carbonyl (C=O) groups excluding carboxylic acids is 1. The summed E-state index contributed by atoms with van der Waals surface area (Å²) in [5.74, 6) is -0.462. The first kappa shape index (κ1) is 16.8. The number of halogens is 1. The molecule has 0 spiro atoms. The van der Waals surface area contributed by atoms with E-state index in [1.807, 2.05) is 36.4 Å². The number of hydrogen-bond acceptors (Lipinski definition) is 4. The van der Waals surface area contributed by atoms with Gasteiger partial charge in [0.2, 0.25) is 0 Å². The number of benzene rings is 2. The van der Waals surface area contributed by atoms with Crippen molar-refractivity contribution < 1.29 is 9.18 Å². The molecular weight excluding hydrogens is 349 g/mol. The maximum absolute atomic E-state index is 14.4. The van der Waals surface area contributed by atoms with E-state index in [9.17, 15) is 9.18 Å². The first-order valence-corrected chi connectivity index (χ1v) is 9.40. The highest BCUT2D eigenvalue weighted by molar-refractivity contribution is 8.18. The SMILES string of the molecule is O=C1NC(=Nc2ccccc2)S/C1=C\c1ccc(N2CCCC2)c(F)c1. The highest BCUT2D eigenvalue weighted by Crippen LogP contribution is 2.30. The monoisotopic (exact) mass is 367 g/mol. The van der Waals surface area contributed by atoms with E-state index in [1.54, 1.807) is 12.1 Å². The van der Waals surface area contributed by atoms with Gasteiger partial charge in [0, 0.05) is 13.1 Å². The quantitative estimate of drug-likeness (QED) is 0.822. The van der Waals surface area contributed by atoms with Crippen molar-refractivity contribution in [3.63, 3.8) is 0 Å². The minimum atomic E-state index is -0.247. The number of aliphatic imine (C=N–C) groups is 1. The molecule has 26 heavy (non-hydrogen) atoms. The number of hydrogen-bond donors (Lipinski definition) is 1. The topological polar surface area (TPSA) is 44.7 Å². The van der Waals surface area contributed by atoms with Crippen molar-refractivity contribution in [2.24, 2.45) is 4.99 Å². The molecular formula is C20H18FN3OS. The Morgan fingerprint density at radius 2 is 1.88 bits per heavy atom. The number of amides is 1. The number of para-hydroxylation sites is 1. The maximum atomic E-state index is 14.4. The third kappa shape index (κ3) is 3.65. The summed E-state index contributed by atoms with van der Waals surface area (Å²) in [4.78, 5) is 19.1. The highest BCUT2D eigenvalue weighted by atomic mass is 32.2. The minimum Gasteiger partial charge on any atom is -0.369 e. The Morgan fingerprint density at radius 3 is 2.62 bits per heavy atom. The average molecular weight is 367 g/mol. The van der Waals surface area contributed by atoms with Gasteiger partial charge in [-0.25, -0.2) is 9.38 Å². The summed E-state index contributed by atoms with van der Waals surface area (Å²) in [6, 6.07) is 14.6. The van der Waals surface area contributed by atoms with Crippen molar-refractivity contribution >= 4 is 40.3 Å². The third-order valence-electron chi connectivity index (χ3n) is 4.35. The van der Waals surface area contributed by atoms with Gasteiger partial charge in [0.15, 0.2) is 5.17 Å². The summed E-state index contributed by atoms with van der Waals surface area (Å²) in [5.41, 5.74) is 2.08. The van der Waals surface area contributed by atoms with Crippen LogP contribution in [0.5, 0.6) is 0 Å². The molecule has 0 aliphatic carbocycles. The zero-order valence-electron chi connectivity index (χ0n) is 14.1. The van der Waals surface area contributed by atoms with Crippen LogP contribution in [-0.2, 0) is 4.79 Å². The molecule has 4 nitrogen and oxygen atoms in total. The number of nitrogens with one attached hydrogen (secondary N) is 1. The Kier molecular flexibility index (Phi) is 4.75. The highest BCUT2D eigenvalue weighted by Gasteiger charge is 2.24. The third-order valence-corrected chi connectivity index (χ3v) is 5.26. The lowest BCUT2D eigenvalue weighted by atomic mass is 10.1. The Morgan fingerprint density at radius 1 is 1.12 bits per heavy atom. The number of anilines is 1. The lowest BCUT2D eigenvalue weighted by Crippen LogP contribution is -2.19. The fourth-order valence-corrected chi connectivity index (χ4v) is 3.92. The number of thioether (sulfide) groups is 1. The van der Waals surface area contributed by atoms with Crippen LogP contribution in [0.15, 0.2) is 58.4 Å². The Bertz CT molecular complexity index is 889. The summed E-state index contributed by atoms with van der Waals surface area (Å²) < 4.78 is 14.4. The van der Waals surface area contributed by atoms with Gasteiger partial charge in [-0.3, -0.25) is 4.79 Å². The number of nitrogens with zero attached hydrogens (tertiary/aromatic N) is 2. The molecule has 2 aliphatic heterocycles. The second kappa shape index (κ2) is 7.33. The van der Waals surface area contributed by atoms with Crippen LogP contribution in [-0.4, -0.2) is 24.2 Å². The van der Waals surface area contributed by atoms with Crippen LogP contribution in [0.3, 0.4) is 0 Å². The Balaban J connectivity index is 1.54. The van der Waals surface area contributed by atoms with Crippen molar-refractivity contribution in [1.82, 2.24) is 5.32 Å².